The molecule has 3 fully saturated rings. The minimum atomic E-state index is -1.62. The van der Waals surface area contributed by atoms with Crippen LogP contribution < -0.4 is 0 Å². The van der Waals surface area contributed by atoms with Crippen LogP contribution >= 0.6 is 0 Å². The van der Waals surface area contributed by atoms with E-state index in [4.69, 9.17) is 18.9 Å². The lowest BCUT2D eigenvalue weighted by molar-refractivity contribution is -0.288. The zero-order chi connectivity index (χ0) is 29.2. The minimum absolute atomic E-state index is 0.107. The number of rotatable bonds is 8. The summed E-state index contributed by atoms with van der Waals surface area (Å²) in [5, 5.41) is 61.7. The Balaban J connectivity index is 1.92. The molecule has 12 nitrogen and oxygen atoms in total. The highest BCUT2D eigenvalue weighted by Gasteiger charge is 2.56. The summed E-state index contributed by atoms with van der Waals surface area (Å²) in [4.78, 5) is 24.9. The van der Waals surface area contributed by atoms with E-state index in [1.807, 2.05) is 6.92 Å². The summed E-state index contributed by atoms with van der Waals surface area (Å²) < 4.78 is 21.7. The summed E-state index contributed by atoms with van der Waals surface area (Å²) >= 11 is 0. The number of methoxy groups -OCH3 is 1. The van der Waals surface area contributed by atoms with Gasteiger partial charge in [0.1, 0.15) is 30.5 Å². The molecule has 11 atom stereocenters. The summed E-state index contributed by atoms with van der Waals surface area (Å²) in [6.45, 7) is 8.46. The van der Waals surface area contributed by atoms with E-state index >= 15 is 0 Å². The highest BCUT2D eigenvalue weighted by Crippen LogP contribution is 2.56. The fourth-order valence-electron chi connectivity index (χ4n) is 6.01. The third-order valence-corrected chi connectivity index (χ3v) is 8.52. The van der Waals surface area contributed by atoms with Crippen LogP contribution in [0.1, 0.15) is 46.5 Å². The zero-order valence-corrected chi connectivity index (χ0v) is 22.8. The average molecular weight is 559 g/mol. The predicted molar refractivity (Wildman–Crippen MR) is 134 cm³/mol. The van der Waals surface area contributed by atoms with Crippen LogP contribution in [0.5, 0.6) is 0 Å². The van der Waals surface area contributed by atoms with Crippen molar-refractivity contribution in [2.45, 2.75) is 95.5 Å². The van der Waals surface area contributed by atoms with Crippen LogP contribution in [-0.4, -0.2) is 105 Å². The summed E-state index contributed by atoms with van der Waals surface area (Å²) in [5.74, 6) is -3.09. The first kappa shape index (κ1) is 31.5. The topological polar surface area (TPSA) is 192 Å². The van der Waals surface area contributed by atoms with Gasteiger partial charge in [-0.2, -0.15) is 0 Å². The van der Waals surface area contributed by atoms with Gasteiger partial charge in [0, 0.05) is 22.8 Å². The number of hydrogen-bond donors (Lipinski definition) is 6. The Morgan fingerprint density at radius 2 is 1.79 bits per heavy atom. The third kappa shape index (κ3) is 6.17. The lowest BCUT2D eigenvalue weighted by Crippen LogP contribution is -2.59. The third-order valence-electron chi connectivity index (χ3n) is 8.52. The molecule has 6 N–H and O–H groups in total. The SMILES string of the molecule is C=C(C(=O)OC)[C@@H]1CC[C@]2(C)[C@H](/C(=C/O[C@@H]3O[C@H](CO)[C@@H](O)[C@H](O)[C@H]3O)CC[C@H]2OC(=O)C(O)C(C)C)[C@H]1O. The molecule has 1 saturated heterocycles. The molecule has 39 heavy (non-hydrogen) atoms. The van der Waals surface area contributed by atoms with Gasteiger partial charge >= 0.3 is 11.9 Å². The van der Waals surface area contributed by atoms with Gasteiger partial charge in [-0.15, -0.1) is 0 Å². The van der Waals surface area contributed by atoms with Crippen molar-refractivity contribution in [1.29, 1.82) is 0 Å². The Hall–Kier alpha value is -2.06. The Bertz CT molecular complexity index is 932. The van der Waals surface area contributed by atoms with E-state index in [0.717, 1.165) is 0 Å². The number of esters is 2. The van der Waals surface area contributed by atoms with Crippen LogP contribution in [0.15, 0.2) is 24.0 Å². The number of carbonyl (C=O) groups is 2. The molecular weight excluding hydrogens is 516 g/mol. The van der Waals surface area contributed by atoms with Crippen LogP contribution in [-0.2, 0) is 28.5 Å². The predicted octanol–water partition coefficient (Wildman–Crippen LogP) is -0.468. The Morgan fingerprint density at radius 3 is 2.38 bits per heavy atom. The standard InChI is InChI=1S/C27H42O12/c1-12(2)19(29)25(35)39-17-7-6-14(11-37-26-23(33)22(32)21(31)16(10-28)38-26)18-20(30)15(8-9-27(17,18)4)13(3)24(34)36-5/h11-12,15-23,26,28-33H,3,6-10H2,1-2,4-5H3/b14-11+/t15-,16+,17+,18+,19?,20-,21+,22-,23+,26+,27-/m0/s1. The van der Waals surface area contributed by atoms with E-state index in [-0.39, 0.29) is 11.5 Å². The molecule has 0 aromatic rings. The maximum Gasteiger partial charge on any atom is 0.335 e. The molecule has 2 aliphatic carbocycles. The summed E-state index contributed by atoms with van der Waals surface area (Å²) in [6.07, 6.45) is -7.73. The second-order valence-electron chi connectivity index (χ2n) is 11.3. The molecule has 0 aromatic carbocycles. The Kier molecular flexibility index (Phi) is 10.2. The van der Waals surface area contributed by atoms with Gasteiger partial charge in [0.05, 0.1) is 26.1 Å². The number of aliphatic hydroxyl groups excluding tert-OH is 6. The van der Waals surface area contributed by atoms with Crippen LogP contribution in [0, 0.1) is 23.2 Å². The molecule has 0 aromatic heterocycles. The van der Waals surface area contributed by atoms with Crippen LogP contribution in [0.25, 0.3) is 0 Å². The molecule has 0 spiro atoms. The van der Waals surface area contributed by atoms with Crippen molar-refractivity contribution in [3.8, 4) is 0 Å². The van der Waals surface area contributed by atoms with Crippen molar-refractivity contribution in [2.24, 2.45) is 23.2 Å². The van der Waals surface area contributed by atoms with Gasteiger partial charge in [0.15, 0.2) is 6.10 Å². The zero-order valence-electron chi connectivity index (χ0n) is 22.8. The molecule has 0 amide bonds. The number of hydrogen-bond acceptors (Lipinski definition) is 12. The van der Waals surface area contributed by atoms with E-state index < -0.39 is 84.8 Å². The molecule has 12 heteroatoms. The summed E-state index contributed by atoms with van der Waals surface area (Å²) in [7, 11) is 1.22. The second kappa shape index (κ2) is 12.6. The van der Waals surface area contributed by atoms with Gasteiger partial charge in [-0.05, 0) is 37.2 Å². The van der Waals surface area contributed by atoms with Crippen LogP contribution in [0.2, 0.25) is 0 Å². The first-order valence-electron chi connectivity index (χ1n) is 13.3. The fraction of sp³-hybridized carbons (Fsp3) is 0.778. The molecule has 3 aliphatic rings. The maximum absolute atomic E-state index is 12.7. The number of ether oxygens (including phenoxy) is 4. The summed E-state index contributed by atoms with van der Waals surface area (Å²) in [5.41, 5.74) is -0.127. The van der Waals surface area contributed by atoms with Gasteiger partial charge in [-0.25, -0.2) is 9.59 Å². The van der Waals surface area contributed by atoms with Crippen LogP contribution in [0.4, 0.5) is 0 Å². The van der Waals surface area contributed by atoms with Crippen molar-refractivity contribution in [3.63, 3.8) is 0 Å². The maximum atomic E-state index is 12.7. The van der Waals surface area contributed by atoms with Crippen LogP contribution in [0.3, 0.4) is 0 Å². The molecule has 0 bridgehead atoms. The van der Waals surface area contributed by atoms with Crippen molar-refractivity contribution in [2.75, 3.05) is 13.7 Å². The van der Waals surface area contributed by atoms with E-state index in [0.29, 0.717) is 31.3 Å². The first-order valence-corrected chi connectivity index (χ1v) is 13.3. The molecule has 222 valence electrons. The van der Waals surface area contributed by atoms with Gasteiger partial charge < -0.3 is 49.6 Å². The Morgan fingerprint density at radius 1 is 1.13 bits per heavy atom. The van der Waals surface area contributed by atoms with Crippen molar-refractivity contribution >= 4 is 11.9 Å². The highest BCUT2D eigenvalue weighted by atomic mass is 16.7. The largest absolute Gasteiger partial charge is 0.470 e. The molecule has 2 saturated carbocycles. The monoisotopic (exact) mass is 558 g/mol. The number of fused-ring (bicyclic) bond motifs is 1. The fourth-order valence-corrected chi connectivity index (χ4v) is 6.01. The minimum Gasteiger partial charge on any atom is -0.470 e. The van der Waals surface area contributed by atoms with E-state index in [2.05, 4.69) is 6.58 Å². The summed E-state index contributed by atoms with van der Waals surface area (Å²) in [6, 6.07) is 0. The molecule has 0 radical (unpaired) electrons. The number of carbonyl (C=O) groups excluding carboxylic acids is 2. The first-order chi connectivity index (χ1) is 18.3. The second-order valence-corrected chi connectivity index (χ2v) is 11.3. The molecular formula is C27H42O12. The highest BCUT2D eigenvalue weighted by molar-refractivity contribution is 5.88. The van der Waals surface area contributed by atoms with Crippen molar-refractivity contribution in [3.05, 3.63) is 24.0 Å². The lowest BCUT2D eigenvalue weighted by Gasteiger charge is -2.54. The molecule has 3 rings (SSSR count). The normalized spacial score (nSPS) is 40.5. The van der Waals surface area contributed by atoms with Gasteiger partial charge in [0.2, 0.25) is 6.29 Å². The van der Waals surface area contributed by atoms with Gasteiger partial charge in [0.25, 0.3) is 0 Å². The van der Waals surface area contributed by atoms with Gasteiger partial charge in [-0.1, -0.05) is 27.4 Å². The van der Waals surface area contributed by atoms with Crippen molar-refractivity contribution < 1.29 is 59.2 Å². The van der Waals surface area contributed by atoms with Gasteiger partial charge in [-0.3, -0.25) is 0 Å². The molecule has 1 heterocycles. The quantitative estimate of drug-likeness (QED) is 0.128. The van der Waals surface area contributed by atoms with E-state index in [1.165, 1.54) is 13.4 Å². The number of aliphatic hydroxyl groups is 6. The van der Waals surface area contributed by atoms with E-state index in [9.17, 15) is 40.2 Å². The Labute approximate surface area is 227 Å². The average Bonchev–Trinajstić information content (AvgIpc) is 2.91. The van der Waals surface area contributed by atoms with Crippen molar-refractivity contribution in [1.82, 2.24) is 0 Å². The molecule has 1 aliphatic heterocycles. The lowest BCUT2D eigenvalue weighted by atomic mass is 9.53. The van der Waals surface area contributed by atoms with E-state index in [1.54, 1.807) is 13.8 Å². The smallest absolute Gasteiger partial charge is 0.335 e. The molecule has 1 unspecified atom stereocenters.